The van der Waals surface area contributed by atoms with Gasteiger partial charge in [0.05, 0.1) is 29.8 Å². The molecule has 3 heterocycles. The zero-order valence-electron chi connectivity index (χ0n) is 26.7. The molecule has 2 saturated carbocycles. The number of aromatic nitrogens is 4. The average Bonchev–Trinajstić information content (AvgIpc) is 3.45. The topological polar surface area (TPSA) is 115 Å². The van der Waals surface area contributed by atoms with Crippen molar-refractivity contribution in [2.75, 3.05) is 31.2 Å². The smallest absolute Gasteiger partial charge is 0.296 e. The number of alkyl halides is 2. The van der Waals surface area contributed by atoms with Gasteiger partial charge in [-0.2, -0.15) is 9.97 Å². The summed E-state index contributed by atoms with van der Waals surface area (Å²) in [6.45, 7) is 4.16. The van der Waals surface area contributed by atoms with Crippen LogP contribution in [0.4, 0.5) is 14.7 Å². The number of hydrogen-bond donors (Lipinski definition) is 2. The van der Waals surface area contributed by atoms with Crippen molar-refractivity contribution in [2.45, 2.75) is 108 Å². The lowest BCUT2D eigenvalue weighted by atomic mass is 9.78. The van der Waals surface area contributed by atoms with E-state index in [-0.39, 0.29) is 29.7 Å². The van der Waals surface area contributed by atoms with E-state index < -0.39 is 12.0 Å². The first kappa shape index (κ1) is 32.6. The summed E-state index contributed by atoms with van der Waals surface area (Å²) in [6.07, 6.45) is 7.69. The molecule has 1 amide bonds. The van der Waals surface area contributed by atoms with E-state index in [2.05, 4.69) is 10.3 Å². The fraction of sp³-hybridized carbons (Fsp3) is 0.647. The van der Waals surface area contributed by atoms with Crippen molar-refractivity contribution in [1.29, 1.82) is 0 Å². The van der Waals surface area contributed by atoms with Crippen LogP contribution in [0.3, 0.4) is 0 Å². The van der Waals surface area contributed by atoms with E-state index >= 15 is 0 Å². The molecule has 1 saturated heterocycles. The third-order valence-corrected chi connectivity index (χ3v) is 9.76. The number of halogens is 2. The van der Waals surface area contributed by atoms with Gasteiger partial charge in [0.2, 0.25) is 17.7 Å². The number of unbranched alkanes of at least 4 members (excludes halogenated alkanes) is 1. The molecule has 0 bridgehead atoms. The number of para-hydroxylation sites is 2. The van der Waals surface area contributed by atoms with E-state index in [0.29, 0.717) is 61.5 Å². The molecule has 0 radical (unpaired) electrons. The number of imidazole rings is 1. The maximum Gasteiger partial charge on any atom is 0.296 e. The quantitative estimate of drug-likeness (QED) is 0.249. The Morgan fingerprint density at radius 1 is 1.07 bits per heavy atom. The molecule has 6 rings (SSSR count). The molecule has 0 unspecified atom stereocenters. The first-order valence-corrected chi connectivity index (χ1v) is 16.9. The monoisotopic (exact) mass is 640 g/mol. The molecule has 2 aliphatic carbocycles. The zero-order chi connectivity index (χ0) is 32.1. The molecule has 12 heteroatoms. The van der Waals surface area contributed by atoms with Crippen molar-refractivity contribution in [2.24, 2.45) is 5.92 Å². The lowest BCUT2D eigenvalue weighted by molar-refractivity contribution is -0.122. The second-order valence-electron chi connectivity index (χ2n) is 13.4. The summed E-state index contributed by atoms with van der Waals surface area (Å²) in [6, 6.07) is 8.76. The fourth-order valence-electron chi connectivity index (χ4n) is 7.01. The number of ether oxygens (including phenoxy) is 2. The first-order valence-electron chi connectivity index (χ1n) is 16.9. The van der Waals surface area contributed by atoms with Crippen LogP contribution in [0, 0.1) is 5.92 Å². The molecule has 10 nitrogen and oxygen atoms in total. The third-order valence-electron chi connectivity index (χ3n) is 9.76. The van der Waals surface area contributed by atoms with Crippen LogP contribution in [0.25, 0.3) is 16.9 Å². The number of rotatable bonds is 11. The maximum absolute atomic E-state index is 14.2. The van der Waals surface area contributed by atoms with Crippen LogP contribution in [0.1, 0.15) is 96.2 Å². The molecule has 0 atom stereocenters. The Morgan fingerprint density at radius 3 is 2.54 bits per heavy atom. The number of nitrogens with zero attached hydrogens (tertiary/aromatic N) is 5. The highest BCUT2D eigenvalue weighted by Gasteiger charge is 2.29. The van der Waals surface area contributed by atoms with E-state index in [4.69, 9.17) is 19.4 Å². The molecule has 250 valence electrons. The zero-order valence-corrected chi connectivity index (χ0v) is 26.7. The van der Waals surface area contributed by atoms with E-state index in [0.717, 1.165) is 70.6 Å². The van der Waals surface area contributed by atoms with E-state index in [1.807, 2.05) is 11.8 Å². The summed E-state index contributed by atoms with van der Waals surface area (Å²) >= 11 is 0. The van der Waals surface area contributed by atoms with Crippen molar-refractivity contribution >= 4 is 22.9 Å². The van der Waals surface area contributed by atoms with Crippen molar-refractivity contribution in [3.8, 4) is 11.7 Å². The molecule has 2 N–H and O–H groups in total. The largest absolute Gasteiger partial charge is 0.474 e. The number of aliphatic hydroxyl groups is 1. The summed E-state index contributed by atoms with van der Waals surface area (Å²) in [4.78, 5) is 28.2. The average molecular weight is 641 g/mol. The minimum absolute atomic E-state index is 0.105. The molecule has 1 aromatic carbocycles. The number of carbonyl (C=O) groups is 1. The van der Waals surface area contributed by atoms with Crippen LogP contribution < -0.4 is 15.0 Å². The van der Waals surface area contributed by atoms with Gasteiger partial charge >= 0.3 is 0 Å². The van der Waals surface area contributed by atoms with E-state index in [1.165, 1.54) is 4.57 Å². The Bertz CT molecular complexity index is 1460. The van der Waals surface area contributed by atoms with Crippen molar-refractivity contribution in [3.05, 3.63) is 36.2 Å². The van der Waals surface area contributed by atoms with Crippen molar-refractivity contribution in [3.63, 3.8) is 0 Å². The summed E-state index contributed by atoms with van der Waals surface area (Å²) < 4.78 is 41.6. The van der Waals surface area contributed by atoms with Gasteiger partial charge in [-0.05, 0) is 82.8 Å². The number of morpholine rings is 1. The van der Waals surface area contributed by atoms with Crippen LogP contribution in [0.2, 0.25) is 0 Å². The van der Waals surface area contributed by atoms with E-state index in [9.17, 15) is 18.7 Å². The van der Waals surface area contributed by atoms with Gasteiger partial charge < -0.3 is 24.8 Å². The van der Waals surface area contributed by atoms with Crippen molar-refractivity contribution in [1.82, 2.24) is 24.8 Å². The van der Waals surface area contributed by atoms with Crippen LogP contribution in [0.15, 0.2) is 30.3 Å². The lowest BCUT2D eigenvalue weighted by Gasteiger charge is -2.33. The minimum Gasteiger partial charge on any atom is -0.474 e. The van der Waals surface area contributed by atoms with Gasteiger partial charge in [-0.3, -0.25) is 9.36 Å². The number of nitrogens with one attached hydrogen (secondary N) is 1. The predicted molar refractivity (Wildman–Crippen MR) is 171 cm³/mol. The van der Waals surface area contributed by atoms with Crippen molar-refractivity contribution < 1.29 is 28.2 Å². The Kier molecular flexibility index (Phi) is 10.3. The number of carbonyl (C=O) groups excluding carboxylic acids is 1. The van der Waals surface area contributed by atoms with Gasteiger partial charge in [-0.25, -0.2) is 13.8 Å². The number of hydrogen-bond acceptors (Lipinski definition) is 8. The van der Waals surface area contributed by atoms with Gasteiger partial charge in [-0.1, -0.05) is 25.0 Å². The van der Waals surface area contributed by atoms with Gasteiger partial charge in [-0.15, -0.1) is 0 Å². The third kappa shape index (κ3) is 8.12. The molecule has 3 fully saturated rings. The summed E-state index contributed by atoms with van der Waals surface area (Å²) in [7, 11) is 0. The highest BCUT2D eigenvalue weighted by atomic mass is 19.3. The molecule has 0 spiro atoms. The molecule has 3 aromatic rings. The molecule has 46 heavy (non-hydrogen) atoms. The maximum atomic E-state index is 14.2. The highest BCUT2D eigenvalue weighted by molar-refractivity contribution is 5.78. The minimum atomic E-state index is -2.79. The van der Waals surface area contributed by atoms with Gasteiger partial charge in [0.15, 0.2) is 5.82 Å². The Hall–Kier alpha value is -3.38. The normalized spacial score (nSPS) is 25.6. The second-order valence-corrected chi connectivity index (χ2v) is 13.4. The SMILES string of the molecule is CC1(O)CCC(CCCCC(=O)N[C@H]2CC[C@H](Oc3cc(-n4c(C(F)F)nc5ccccc54)nc(N4CCOCC4)n3)CC2)CC1. The molecular weight excluding hydrogens is 594 g/mol. The Labute approximate surface area is 268 Å². The van der Waals surface area contributed by atoms with Gasteiger partial charge in [0.1, 0.15) is 11.9 Å². The lowest BCUT2D eigenvalue weighted by Crippen LogP contribution is -2.40. The number of benzene rings is 1. The molecular formula is C34H46F2N6O4. The number of amides is 1. The highest BCUT2D eigenvalue weighted by Crippen LogP contribution is 2.34. The number of fused-ring (bicyclic) bond motifs is 1. The van der Waals surface area contributed by atoms with Crippen LogP contribution in [-0.4, -0.2) is 74.6 Å². The van der Waals surface area contributed by atoms with E-state index in [1.54, 1.807) is 30.3 Å². The summed E-state index contributed by atoms with van der Waals surface area (Å²) in [5.74, 6) is 1.42. The van der Waals surface area contributed by atoms with Gasteiger partial charge in [0.25, 0.3) is 6.43 Å². The fourth-order valence-corrected chi connectivity index (χ4v) is 7.01. The van der Waals surface area contributed by atoms with Gasteiger partial charge in [0, 0.05) is 31.6 Å². The predicted octanol–water partition coefficient (Wildman–Crippen LogP) is 5.90. The molecule has 2 aromatic heterocycles. The van der Waals surface area contributed by atoms with Crippen LogP contribution in [0.5, 0.6) is 5.88 Å². The summed E-state index contributed by atoms with van der Waals surface area (Å²) in [5.41, 5.74) is 0.502. The standard InChI is InChI=1S/C34H46F2N6O4/c1-34(44)16-14-23(15-17-34)6-2-5-9-29(43)37-24-10-12-25(13-11-24)46-30-22-28(39-33(40-30)41-18-20-45-21-19-41)42-27-8-4-3-7-26(27)38-32(42)31(35)36/h3-4,7-8,22-25,31,44H,2,5-6,9-21H2,1H3,(H,37,43)/t23?,24-,25-,34?. The molecule has 3 aliphatic rings. The first-order chi connectivity index (χ1) is 22.2. The van der Waals surface area contributed by atoms with Crippen LogP contribution >= 0.6 is 0 Å². The van der Waals surface area contributed by atoms with Crippen LogP contribution in [-0.2, 0) is 9.53 Å². The summed E-state index contributed by atoms with van der Waals surface area (Å²) in [5, 5.41) is 13.4. The second kappa shape index (κ2) is 14.6. The Morgan fingerprint density at radius 2 is 1.80 bits per heavy atom. The number of anilines is 1. The Balaban J connectivity index is 1.05. The molecule has 1 aliphatic heterocycles.